The van der Waals surface area contributed by atoms with E-state index in [1.54, 1.807) is 0 Å². The predicted molar refractivity (Wildman–Crippen MR) is 88.4 cm³/mol. The van der Waals surface area contributed by atoms with Crippen LogP contribution in [0.2, 0.25) is 0 Å². The molecule has 2 N–H and O–H groups in total. The number of carbonyl (C=O) groups is 2. The lowest BCUT2D eigenvalue weighted by Crippen LogP contribution is -2.31. The van der Waals surface area contributed by atoms with Gasteiger partial charge >= 0.3 is 0 Å². The summed E-state index contributed by atoms with van der Waals surface area (Å²) < 4.78 is 5.50. The first-order valence-electron chi connectivity index (χ1n) is 7.59. The Morgan fingerprint density at radius 3 is 2.73 bits per heavy atom. The van der Waals surface area contributed by atoms with Crippen LogP contribution in [0, 0.1) is 12.3 Å². The number of thiophene rings is 1. The van der Waals surface area contributed by atoms with Crippen LogP contribution in [-0.4, -0.2) is 31.1 Å². The fourth-order valence-corrected chi connectivity index (χ4v) is 3.14. The van der Waals surface area contributed by atoms with Crippen molar-refractivity contribution >= 4 is 28.2 Å². The second kappa shape index (κ2) is 6.79. The Morgan fingerprint density at radius 1 is 1.41 bits per heavy atom. The number of aryl methyl sites for hydroxylation is 1. The highest BCUT2D eigenvalue weighted by atomic mass is 32.1. The van der Waals surface area contributed by atoms with Crippen molar-refractivity contribution in [1.82, 2.24) is 5.32 Å². The van der Waals surface area contributed by atoms with Gasteiger partial charge in [0.15, 0.2) is 0 Å². The van der Waals surface area contributed by atoms with Crippen molar-refractivity contribution in [2.45, 2.75) is 46.6 Å². The number of nitrogens with one attached hydrogen (secondary N) is 2. The van der Waals surface area contributed by atoms with Crippen molar-refractivity contribution in [2.24, 2.45) is 5.41 Å². The molecule has 0 radical (unpaired) electrons. The lowest BCUT2D eigenvalue weighted by molar-refractivity contribution is -0.123. The smallest absolute Gasteiger partial charge is 0.261 e. The average molecular weight is 324 g/mol. The van der Waals surface area contributed by atoms with Crippen molar-refractivity contribution in [3.8, 4) is 0 Å². The molecule has 0 saturated carbocycles. The van der Waals surface area contributed by atoms with E-state index in [0.717, 1.165) is 25.0 Å². The van der Waals surface area contributed by atoms with Crippen LogP contribution in [0.5, 0.6) is 0 Å². The van der Waals surface area contributed by atoms with Gasteiger partial charge in [0, 0.05) is 18.6 Å². The highest BCUT2D eigenvalue weighted by Crippen LogP contribution is 2.28. The molecule has 1 aliphatic heterocycles. The SMILES string of the molecule is Cc1cc(NC(=O)C(C)(C)C)sc1C(=O)NC[C@H]1CCCO1. The lowest BCUT2D eigenvalue weighted by Gasteiger charge is -2.16. The molecular formula is C16H24N2O3S. The Labute approximate surface area is 135 Å². The van der Waals surface area contributed by atoms with Gasteiger partial charge in [0.25, 0.3) is 5.91 Å². The van der Waals surface area contributed by atoms with Gasteiger partial charge in [0.05, 0.1) is 16.0 Å². The van der Waals surface area contributed by atoms with Crippen molar-refractivity contribution in [3.05, 3.63) is 16.5 Å². The average Bonchev–Trinajstić information content (AvgIpc) is 3.04. The molecule has 2 heterocycles. The summed E-state index contributed by atoms with van der Waals surface area (Å²) in [6.45, 7) is 8.78. The number of carbonyl (C=O) groups excluding carboxylic acids is 2. The van der Waals surface area contributed by atoms with Crippen molar-refractivity contribution < 1.29 is 14.3 Å². The van der Waals surface area contributed by atoms with Gasteiger partial charge in [-0.15, -0.1) is 11.3 Å². The summed E-state index contributed by atoms with van der Waals surface area (Å²) in [6, 6.07) is 1.84. The fourth-order valence-electron chi connectivity index (χ4n) is 2.16. The molecular weight excluding hydrogens is 300 g/mol. The maximum absolute atomic E-state index is 12.2. The minimum Gasteiger partial charge on any atom is -0.376 e. The van der Waals surface area contributed by atoms with E-state index in [1.165, 1.54) is 11.3 Å². The fraction of sp³-hybridized carbons (Fsp3) is 0.625. The van der Waals surface area contributed by atoms with Crippen LogP contribution in [0.25, 0.3) is 0 Å². The van der Waals surface area contributed by atoms with Crippen molar-refractivity contribution in [1.29, 1.82) is 0 Å². The van der Waals surface area contributed by atoms with Crippen LogP contribution in [0.4, 0.5) is 5.00 Å². The summed E-state index contributed by atoms with van der Waals surface area (Å²) in [5.41, 5.74) is 0.416. The van der Waals surface area contributed by atoms with Gasteiger partial charge in [-0.2, -0.15) is 0 Å². The molecule has 0 bridgehead atoms. The zero-order chi connectivity index (χ0) is 16.3. The van der Waals surface area contributed by atoms with Crippen LogP contribution in [0.3, 0.4) is 0 Å². The molecule has 0 unspecified atom stereocenters. The van der Waals surface area contributed by atoms with Crippen LogP contribution in [0.15, 0.2) is 6.07 Å². The molecule has 1 saturated heterocycles. The van der Waals surface area contributed by atoms with Crippen LogP contribution in [-0.2, 0) is 9.53 Å². The predicted octanol–water partition coefficient (Wildman–Crippen LogP) is 2.95. The van der Waals surface area contributed by atoms with E-state index < -0.39 is 5.41 Å². The van der Waals surface area contributed by atoms with Crippen LogP contribution in [0.1, 0.15) is 48.8 Å². The van der Waals surface area contributed by atoms with E-state index >= 15 is 0 Å². The molecule has 22 heavy (non-hydrogen) atoms. The van der Waals surface area contributed by atoms with Crippen molar-refractivity contribution in [2.75, 3.05) is 18.5 Å². The van der Waals surface area contributed by atoms with E-state index in [2.05, 4.69) is 10.6 Å². The highest BCUT2D eigenvalue weighted by Gasteiger charge is 2.23. The first-order chi connectivity index (χ1) is 10.3. The first-order valence-corrected chi connectivity index (χ1v) is 8.40. The van der Waals surface area contributed by atoms with E-state index in [9.17, 15) is 9.59 Å². The van der Waals surface area contributed by atoms with Crippen LogP contribution >= 0.6 is 11.3 Å². The molecule has 122 valence electrons. The van der Waals surface area contributed by atoms with Gasteiger partial charge < -0.3 is 15.4 Å². The maximum atomic E-state index is 12.2. The molecule has 1 atom stereocenters. The van der Waals surface area contributed by atoms with E-state index in [4.69, 9.17) is 4.74 Å². The Bertz CT molecular complexity index is 554. The minimum absolute atomic E-state index is 0.0555. The standard InChI is InChI=1S/C16H24N2O3S/c1-10-8-12(18-15(20)16(2,3)4)22-13(10)14(19)17-9-11-6-5-7-21-11/h8,11H,5-7,9H2,1-4H3,(H,17,19)(H,18,20)/t11-/m1/s1. The molecule has 2 amide bonds. The monoisotopic (exact) mass is 324 g/mol. The third-order valence-electron chi connectivity index (χ3n) is 3.56. The Morgan fingerprint density at radius 2 is 2.14 bits per heavy atom. The van der Waals surface area contributed by atoms with Crippen molar-refractivity contribution in [3.63, 3.8) is 0 Å². The quantitative estimate of drug-likeness (QED) is 0.895. The minimum atomic E-state index is -0.458. The summed E-state index contributed by atoms with van der Waals surface area (Å²) in [5, 5.41) is 6.49. The Hall–Kier alpha value is -1.40. The molecule has 0 aliphatic carbocycles. The molecule has 1 aromatic rings. The summed E-state index contributed by atoms with van der Waals surface area (Å²) in [4.78, 5) is 24.9. The molecule has 1 aliphatic rings. The van der Waals surface area contributed by atoms with Gasteiger partial charge in [-0.3, -0.25) is 9.59 Å². The number of hydrogen-bond acceptors (Lipinski definition) is 4. The van der Waals surface area contributed by atoms with Gasteiger partial charge in [0.2, 0.25) is 5.91 Å². The lowest BCUT2D eigenvalue weighted by atomic mass is 9.96. The van der Waals surface area contributed by atoms with E-state index in [-0.39, 0.29) is 17.9 Å². The summed E-state index contributed by atoms with van der Waals surface area (Å²) in [5.74, 6) is -0.158. The number of ether oxygens (including phenoxy) is 1. The maximum Gasteiger partial charge on any atom is 0.261 e. The van der Waals surface area contributed by atoms with Gasteiger partial charge in [-0.1, -0.05) is 20.8 Å². The summed E-state index contributed by atoms with van der Waals surface area (Å²) in [7, 11) is 0. The second-order valence-corrected chi connectivity index (χ2v) is 7.72. The molecule has 1 fully saturated rings. The number of rotatable bonds is 4. The second-order valence-electron chi connectivity index (χ2n) is 6.67. The van der Waals surface area contributed by atoms with Gasteiger partial charge in [-0.25, -0.2) is 0 Å². The molecule has 1 aromatic heterocycles. The van der Waals surface area contributed by atoms with E-state index in [0.29, 0.717) is 16.4 Å². The molecule has 6 heteroatoms. The first kappa shape index (κ1) is 17.0. The Balaban J connectivity index is 1.96. The number of anilines is 1. The largest absolute Gasteiger partial charge is 0.376 e. The third-order valence-corrected chi connectivity index (χ3v) is 4.71. The molecule has 0 aromatic carbocycles. The third kappa shape index (κ3) is 4.30. The number of hydrogen-bond donors (Lipinski definition) is 2. The normalized spacial score (nSPS) is 18.3. The summed E-state index contributed by atoms with van der Waals surface area (Å²) >= 11 is 1.31. The number of amides is 2. The zero-order valence-corrected chi connectivity index (χ0v) is 14.4. The highest BCUT2D eigenvalue weighted by molar-refractivity contribution is 7.18. The van der Waals surface area contributed by atoms with Crippen LogP contribution < -0.4 is 10.6 Å². The van der Waals surface area contributed by atoms with E-state index in [1.807, 2.05) is 33.8 Å². The molecule has 0 spiro atoms. The molecule has 5 nitrogen and oxygen atoms in total. The summed E-state index contributed by atoms with van der Waals surface area (Å²) in [6.07, 6.45) is 2.18. The van der Waals surface area contributed by atoms with Gasteiger partial charge in [-0.05, 0) is 31.4 Å². The van der Waals surface area contributed by atoms with Gasteiger partial charge in [0.1, 0.15) is 0 Å². The Kier molecular flexibility index (Phi) is 5.24. The zero-order valence-electron chi connectivity index (χ0n) is 13.6. The molecule has 2 rings (SSSR count). The topological polar surface area (TPSA) is 67.4 Å².